The third-order valence-electron chi connectivity index (χ3n) is 5.72. The number of rotatable bonds is 5. The molecule has 7 heteroatoms. The normalized spacial score (nSPS) is 12.1. The zero-order chi connectivity index (χ0) is 22.2. The Hall–Kier alpha value is -4.31. The zero-order valence-corrected chi connectivity index (χ0v) is 18.1. The number of ether oxygens (including phenoxy) is 1. The van der Waals surface area contributed by atoms with Crippen molar-refractivity contribution in [2.75, 3.05) is 12.4 Å². The van der Waals surface area contributed by atoms with Crippen molar-refractivity contribution in [3.63, 3.8) is 0 Å². The van der Waals surface area contributed by atoms with Gasteiger partial charge in [-0.05, 0) is 48.4 Å². The molecule has 3 aromatic heterocycles. The maximum absolute atomic E-state index is 9.79. The van der Waals surface area contributed by atoms with Crippen molar-refractivity contribution < 1.29 is 4.74 Å². The predicted octanol–water partition coefficient (Wildman–Crippen LogP) is 4.61. The molecule has 5 aromatic rings. The van der Waals surface area contributed by atoms with E-state index in [2.05, 4.69) is 22.4 Å². The number of methoxy groups -OCH3 is 1. The third kappa shape index (κ3) is 3.13. The minimum Gasteiger partial charge on any atom is -0.497 e. The molecule has 0 saturated carbocycles. The number of aromatic nitrogens is 4. The lowest BCUT2D eigenvalue weighted by molar-refractivity contribution is 0.414. The zero-order valence-electron chi connectivity index (χ0n) is 18.1. The molecule has 0 aliphatic carbocycles. The van der Waals surface area contributed by atoms with Gasteiger partial charge in [-0.15, -0.1) is 0 Å². The monoisotopic (exact) mass is 422 g/mol. The van der Waals surface area contributed by atoms with Crippen molar-refractivity contribution >= 4 is 22.5 Å². The summed E-state index contributed by atoms with van der Waals surface area (Å²) in [5.41, 5.74) is 4.86. The summed E-state index contributed by atoms with van der Waals surface area (Å²) in [5, 5.41) is 13.5. The fraction of sp³-hybridized carbons (Fsp3) is 0.160. The molecular formula is C25H22N6O. The third-order valence-corrected chi connectivity index (χ3v) is 5.72. The average Bonchev–Trinajstić information content (AvgIpc) is 3.41. The molecule has 1 N–H and O–H groups in total. The highest BCUT2D eigenvalue weighted by molar-refractivity contribution is 5.85. The Morgan fingerprint density at radius 1 is 1.12 bits per heavy atom. The molecule has 0 fully saturated rings. The standard InChI is InChI=1S/C25H22N6O/c1-16-13-22(31-21-10-5-4-9-20(21)28-24(31)19(16)15-26)29-23(25-27-11-12-30(25)2)17-7-6-8-18(14-17)32-3/h4-14,23,29H,1-3H3/t23-/m0/s1. The molecule has 0 amide bonds. The molecule has 1 atom stereocenters. The van der Waals surface area contributed by atoms with Gasteiger partial charge in [0.2, 0.25) is 0 Å². The van der Waals surface area contributed by atoms with Crippen LogP contribution in [0.1, 0.15) is 28.6 Å². The second-order valence-corrected chi connectivity index (χ2v) is 7.71. The van der Waals surface area contributed by atoms with E-state index in [0.717, 1.165) is 39.6 Å². The lowest BCUT2D eigenvalue weighted by Crippen LogP contribution is -2.18. The maximum Gasteiger partial charge on any atom is 0.157 e. The van der Waals surface area contributed by atoms with E-state index in [4.69, 9.17) is 9.72 Å². The lowest BCUT2D eigenvalue weighted by atomic mass is 10.1. The van der Waals surface area contributed by atoms with E-state index in [1.807, 2.05) is 77.7 Å². The van der Waals surface area contributed by atoms with Crippen LogP contribution in [0.5, 0.6) is 5.75 Å². The molecule has 0 aliphatic rings. The first kappa shape index (κ1) is 19.6. The molecule has 0 aliphatic heterocycles. The molecule has 5 rings (SSSR count). The summed E-state index contributed by atoms with van der Waals surface area (Å²) in [4.78, 5) is 9.37. The highest BCUT2D eigenvalue weighted by atomic mass is 16.5. The number of hydrogen-bond donors (Lipinski definition) is 1. The van der Waals surface area contributed by atoms with Crippen LogP contribution in [0.15, 0.2) is 67.0 Å². The number of nitrogens with one attached hydrogen (secondary N) is 1. The Kier molecular flexibility index (Phi) is 4.75. The fourth-order valence-corrected chi connectivity index (χ4v) is 4.12. The molecule has 3 heterocycles. The van der Waals surface area contributed by atoms with Crippen molar-refractivity contribution in [3.05, 3.63) is 89.5 Å². The molecule has 32 heavy (non-hydrogen) atoms. The Morgan fingerprint density at radius 2 is 1.97 bits per heavy atom. The van der Waals surface area contributed by atoms with Crippen LogP contribution in [0.25, 0.3) is 16.7 Å². The fourth-order valence-electron chi connectivity index (χ4n) is 4.12. The van der Waals surface area contributed by atoms with Crippen LogP contribution in [-0.2, 0) is 7.05 Å². The first-order valence-electron chi connectivity index (χ1n) is 10.3. The molecule has 7 nitrogen and oxygen atoms in total. The number of pyridine rings is 1. The van der Waals surface area contributed by atoms with Gasteiger partial charge >= 0.3 is 0 Å². The van der Waals surface area contributed by atoms with Gasteiger partial charge in [0.1, 0.15) is 29.5 Å². The van der Waals surface area contributed by atoms with E-state index in [1.165, 1.54) is 0 Å². The topological polar surface area (TPSA) is 80.2 Å². The lowest BCUT2D eigenvalue weighted by Gasteiger charge is -2.22. The van der Waals surface area contributed by atoms with Crippen molar-refractivity contribution in [3.8, 4) is 11.8 Å². The number of para-hydroxylation sites is 2. The van der Waals surface area contributed by atoms with Crippen LogP contribution in [0.3, 0.4) is 0 Å². The van der Waals surface area contributed by atoms with Crippen molar-refractivity contribution in [2.45, 2.75) is 13.0 Å². The second kappa shape index (κ2) is 7.75. The van der Waals surface area contributed by atoms with Gasteiger partial charge in [0.15, 0.2) is 5.65 Å². The maximum atomic E-state index is 9.79. The number of fused-ring (bicyclic) bond motifs is 3. The number of nitriles is 1. The number of hydrogen-bond acceptors (Lipinski definition) is 5. The molecule has 0 saturated heterocycles. The minimum atomic E-state index is -0.248. The van der Waals surface area contributed by atoms with Gasteiger partial charge < -0.3 is 14.6 Å². The summed E-state index contributed by atoms with van der Waals surface area (Å²) in [5.74, 6) is 2.47. The van der Waals surface area contributed by atoms with Crippen molar-refractivity contribution in [1.82, 2.24) is 18.9 Å². The Balaban J connectivity index is 1.75. The average molecular weight is 422 g/mol. The number of nitrogens with zero attached hydrogens (tertiary/aromatic N) is 5. The predicted molar refractivity (Wildman–Crippen MR) is 124 cm³/mol. The molecule has 2 aromatic carbocycles. The number of benzene rings is 2. The van der Waals surface area contributed by atoms with E-state index in [-0.39, 0.29) is 6.04 Å². The quantitative estimate of drug-likeness (QED) is 0.447. The van der Waals surface area contributed by atoms with Gasteiger partial charge in [0.05, 0.1) is 23.7 Å². The van der Waals surface area contributed by atoms with Gasteiger partial charge in [-0.2, -0.15) is 5.26 Å². The molecule has 0 unspecified atom stereocenters. The summed E-state index contributed by atoms with van der Waals surface area (Å²) in [7, 11) is 3.64. The molecule has 0 bridgehead atoms. The van der Waals surface area contributed by atoms with Gasteiger partial charge in [-0.25, -0.2) is 9.97 Å². The van der Waals surface area contributed by atoms with Gasteiger partial charge in [-0.3, -0.25) is 4.40 Å². The molecule has 0 spiro atoms. The highest BCUT2D eigenvalue weighted by Gasteiger charge is 2.22. The smallest absolute Gasteiger partial charge is 0.157 e. The van der Waals surface area contributed by atoms with Crippen LogP contribution >= 0.6 is 0 Å². The first-order valence-corrected chi connectivity index (χ1v) is 10.3. The summed E-state index contributed by atoms with van der Waals surface area (Å²) < 4.78 is 9.47. The Bertz CT molecular complexity index is 1490. The van der Waals surface area contributed by atoms with Crippen LogP contribution in [0.2, 0.25) is 0 Å². The minimum absolute atomic E-state index is 0.248. The Morgan fingerprint density at radius 3 is 2.72 bits per heavy atom. The van der Waals surface area contributed by atoms with Crippen LogP contribution < -0.4 is 10.1 Å². The second-order valence-electron chi connectivity index (χ2n) is 7.71. The van der Waals surface area contributed by atoms with E-state index < -0.39 is 0 Å². The molecular weight excluding hydrogens is 400 g/mol. The Labute approximate surface area is 185 Å². The summed E-state index contributed by atoms with van der Waals surface area (Å²) >= 11 is 0. The first-order chi connectivity index (χ1) is 15.6. The summed E-state index contributed by atoms with van der Waals surface area (Å²) in [6.07, 6.45) is 3.72. The van der Waals surface area contributed by atoms with Crippen molar-refractivity contribution in [1.29, 1.82) is 5.26 Å². The van der Waals surface area contributed by atoms with Crippen LogP contribution in [0, 0.1) is 18.3 Å². The largest absolute Gasteiger partial charge is 0.497 e. The van der Waals surface area contributed by atoms with Crippen LogP contribution in [0.4, 0.5) is 5.82 Å². The summed E-state index contributed by atoms with van der Waals surface area (Å²) in [6, 6.07) is 19.9. The SMILES string of the molecule is COc1cccc([C@H](Nc2cc(C)c(C#N)c3nc4ccccc4n23)c2nccn2C)c1. The van der Waals surface area contributed by atoms with Gasteiger partial charge in [0.25, 0.3) is 0 Å². The van der Waals surface area contributed by atoms with Gasteiger partial charge in [0, 0.05) is 19.4 Å². The van der Waals surface area contributed by atoms with E-state index in [0.29, 0.717) is 11.2 Å². The van der Waals surface area contributed by atoms with E-state index in [1.54, 1.807) is 13.3 Å². The van der Waals surface area contributed by atoms with E-state index >= 15 is 0 Å². The van der Waals surface area contributed by atoms with Crippen molar-refractivity contribution in [2.24, 2.45) is 7.05 Å². The molecule has 158 valence electrons. The van der Waals surface area contributed by atoms with Crippen LogP contribution in [-0.4, -0.2) is 26.0 Å². The number of imidazole rings is 2. The molecule has 0 radical (unpaired) electrons. The van der Waals surface area contributed by atoms with E-state index in [9.17, 15) is 5.26 Å². The summed E-state index contributed by atoms with van der Waals surface area (Å²) in [6.45, 7) is 1.93. The number of anilines is 1. The van der Waals surface area contributed by atoms with Gasteiger partial charge in [-0.1, -0.05) is 24.3 Å². The number of aryl methyl sites for hydroxylation is 2. The highest BCUT2D eigenvalue weighted by Crippen LogP contribution is 2.32.